The second-order valence-electron chi connectivity index (χ2n) is 7.19. The van der Waals surface area contributed by atoms with E-state index in [1.807, 2.05) is 13.8 Å². The standard InChI is InChI=1S/C15H28N2O3/c1-10(2)17-8-11(6-13(17)19)14(20)16-12(9-18)7-15(3,4)5/h10-12,18H,6-9H2,1-5H3,(H,16,20). The fourth-order valence-electron chi connectivity index (χ4n) is 2.63. The van der Waals surface area contributed by atoms with E-state index in [0.717, 1.165) is 0 Å². The molecule has 116 valence electrons. The van der Waals surface area contributed by atoms with Gasteiger partial charge in [-0.05, 0) is 25.7 Å². The average Bonchev–Trinajstić information content (AvgIpc) is 2.68. The normalized spacial score (nSPS) is 21.4. The van der Waals surface area contributed by atoms with Gasteiger partial charge in [0.25, 0.3) is 0 Å². The van der Waals surface area contributed by atoms with Gasteiger partial charge in [0, 0.05) is 19.0 Å². The number of hydrogen-bond donors (Lipinski definition) is 2. The molecule has 1 heterocycles. The monoisotopic (exact) mass is 284 g/mol. The van der Waals surface area contributed by atoms with Gasteiger partial charge in [0.15, 0.2) is 0 Å². The molecular weight excluding hydrogens is 256 g/mol. The van der Waals surface area contributed by atoms with Crippen LogP contribution < -0.4 is 5.32 Å². The molecule has 1 aliphatic rings. The van der Waals surface area contributed by atoms with Crippen LogP contribution in [0, 0.1) is 11.3 Å². The van der Waals surface area contributed by atoms with Crippen molar-refractivity contribution in [3.8, 4) is 0 Å². The molecule has 5 nitrogen and oxygen atoms in total. The van der Waals surface area contributed by atoms with E-state index in [4.69, 9.17) is 0 Å². The van der Waals surface area contributed by atoms with Crippen LogP contribution in [0.1, 0.15) is 47.5 Å². The van der Waals surface area contributed by atoms with E-state index >= 15 is 0 Å². The summed E-state index contributed by atoms with van der Waals surface area (Å²) in [7, 11) is 0. The Morgan fingerprint density at radius 2 is 2.05 bits per heavy atom. The van der Waals surface area contributed by atoms with Gasteiger partial charge in [-0.2, -0.15) is 0 Å². The van der Waals surface area contributed by atoms with E-state index in [1.54, 1.807) is 4.90 Å². The highest BCUT2D eigenvalue weighted by Gasteiger charge is 2.36. The van der Waals surface area contributed by atoms with Crippen LogP contribution in [0.5, 0.6) is 0 Å². The lowest BCUT2D eigenvalue weighted by atomic mass is 9.88. The molecule has 1 saturated heterocycles. The minimum Gasteiger partial charge on any atom is -0.394 e. The number of amides is 2. The van der Waals surface area contributed by atoms with Crippen molar-refractivity contribution in [2.45, 2.75) is 59.5 Å². The van der Waals surface area contributed by atoms with Crippen LogP contribution in [0.25, 0.3) is 0 Å². The van der Waals surface area contributed by atoms with Crippen LogP contribution in [0.4, 0.5) is 0 Å². The molecule has 2 unspecified atom stereocenters. The van der Waals surface area contributed by atoms with Crippen molar-refractivity contribution in [3.63, 3.8) is 0 Å². The van der Waals surface area contributed by atoms with E-state index in [-0.39, 0.29) is 48.3 Å². The molecule has 20 heavy (non-hydrogen) atoms. The largest absolute Gasteiger partial charge is 0.394 e. The van der Waals surface area contributed by atoms with Crippen molar-refractivity contribution in [2.24, 2.45) is 11.3 Å². The molecule has 0 aromatic rings. The highest BCUT2D eigenvalue weighted by atomic mass is 16.3. The van der Waals surface area contributed by atoms with Crippen LogP contribution in [0.2, 0.25) is 0 Å². The van der Waals surface area contributed by atoms with Crippen molar-refractivity contribution in [2.75, 3.05) is 13.2 Å². The number of aliphatic hydroxyl groups is 1. The zero-order chi connectivity index (χ0) is 15.5. The molecule has 0 spiro atoms. The Bertz CT molecular complexity index is 361. The quantitative estimate of drug-likeness (QED) is 0.796. The number of carbonyl (C=O) groups is 2. The minimum absolute atomic E-state index is 0.0378. The molecule has 0 aliphatic carbocycles. The van der Waals surface area contributed by atoms with Crippen molar-refractivity contribution in [3.05, 3.63) is 0 Å². The first-order valence-corrected chi connectivity index (χ1v) is 7.34. The van der Waals surface area contributed by atoms with Crippen LogP contribution in [0.15, 0.2) is 0 Å². The molecule has 1 fully saturated rings. The maximum Gasteiger partial charge on any atom is 0.225 e. The van der Waals surface area contributed by atoms with Gasteiger partial charge in [0.1, 0.15) is 0 Å². The summed E-state index contributed by atoms with van der Waals surface area (Å²) in [5.41, 5.74) is 0.0378. The number of aliphatic hydroxyl groups excluding tert-OH is 1. The lowest BCUT2D eigenvalue weighted by molar-refractivity contribution is -0.130. The van der Waals surface area contributed by atoms with Gasteiger partial charge in [0.05, 0.1) is 18.6 Å². The fraction of sp³-hybridized carbons (Fsp3) is 0.867. The predicted molar refractivity (Wildman–Crippen MR) is 78.0 cm³/mol. The summed E-state index contributed by atoms with van der Waals surface area (Å²) in [5, 5.41) is 12.3. The summed E-state index contributed by atoms with van der Waals surface area (Å²) in [6, 6.07) is -0.116. The third-order valence-corrected chi connectivity index (χ3v) is 3.58. The van der Waals surface area contributed by atoms with Gasteiger partial charge < -0.3 is 15.3 Å². The van der Waals surface area contributed by atoms with Crippen molar-refractivity contribution >= 4 is 11.8 Å². The Hall–Kier alpha value is -1.10. The van der Waals surface area contributed by atoms with E-state index in [1.165, 1.54) is 0 Å². The Morgan fingerprint density at radius 3 is 2.45 bits per heavy atom. The summed E-state index contributed by atoms with van der Waals surface area (Å²) in [6.45, 7) is 10.5. The Kier molecular flexibility index (Phi) is 5.57. The summed E-state index contributed by atoms with van der Waals surface area (Å²) < 4.78 is 0. The number of nitrogens with zero attached hydrogens (tertiary/aromatic N) is 1. The van der Waals surface area contributed by atoms with Gasteiger partial charge in [0.2, 0.25) is 11.8 Å². The van der Waals surface area contributed by atoms with Crippen molar-refractivity contribution in [1.82, 2.24) is 10.2 Å². The zero-order valence-electron chi connectivity index (χ0n) is 13.3. The topological polar surface area (TPSA) is 69.6 Å². The molecular formula is C15H28N2O3. The summed E-state index contributed by atoms with van der Waals surface area (Å²) in [6.07, 6.45) is 0.988. The molecule has 0 aromatic carbocycles. The van der Waals surface area contributed by atoms with E-state index in [0.29, 0.717) is 13.0 Å². The highest BCUT2D eigenvalue weighted by Crippen LogP contribution is 2.23. The van der Waals surface area contributed by atoms with Gasteiger partial charge in [-0.1, -0.05) is 20.8 Å². The first-order chi connectivity index (χ1) is 9.14. The predicted octanol–water partition coefficient (Wildman–Crippen LogP) is 1.16. The number of rotatable bonds is 5. The fourth-order valence-corrected chi connectivity index (χ4v) is 2.63. The van der Waals surface area contributed by atoms with E-state index < -0.39 is 0 Å². The number of carbonyl (C=O) groups excluding carboxylic acids is 2. The number of nitrogens with one attached hydrogen (secondary N) is 1. The minimum atomic E-state index is -0.293. The maximum atomic E-state index is 12.2. The lowest BCUT2D eigenvalue weighted by Crippen LogP contribution is -2.43. The Morgan fingerprint density at radius 1 is 1.45 bits per heavy atom. The van der Waals surface area contributed by atoms with Gasteiger partial charge in [-0.3, -0.25) is 9.59 Å². The molecule has 2 atom stereocenters. The molecule has 2 amide bonds. The average molecular weight is 284 g/mol. The van der Waals surface area contributed by atoms with E-state index in [2.05, 4.69) is 26.1 Å². The molecule has 0 saturated carbocycles. The SMILES string of the molecule is CC(C)N1CC(C(=O)NC(CO)CC(C)(C)C)CC1=O. The summed E-state index contributed by atoms with van der Waals surface area (Å²) in [4.78, 5) is 25.8. The highest BCUT2D eigenvalue weighted by molar-refractivity contribution is 5.89. The second kappa shape index (κ2) is 6.57. The molecule has 1 aliphatic heterocycles. The third kappa shape index (κ3) is 4.78. The molecule has 2 N–H and O–H groups in total. The smallest absolute Gasteiger partial charge is 0.225 e. The van der Waals surface area contributed by atoms with Crippen molar-refractivity contribution < 1.29 is 14.7 Å². The van der Waals surface area contributed by atoms with Gasteiger partial charge >= 0.3 is 0 Å². The Labute approximate surface area is 121 Å². The van der Waals surface area contributed by atoms with Crippen molar-refractivity contribution in [1.29, 1.82) is 0 Å². The molecule has 0 bridgehead atoms. The van der Waals surface area contributed by atoms with Crippen LogP contribution in [0.3, 0.4) is 0 Å². The van der Waals surface area contributed by atoms with Gasteiger partial charge in [-0.25, -0.2) is 0 Å². The summed E-state index contributed by atoms with van der Waals surface area (Å²) >= 11 is 0. The number of likely N-dealkylation sites (tertiary alicyclic amines) is 1. The molecule has 5 heteroatoms. The maximum absolute atomic E-state index is 12.2. The lowest BCUT2D eigenvalue weighted by Gasteiger charge is -2.26. The second-order valence-corrected chi connectivity index (χ2v) is 7.19. The molecule has 0 radical (unpaired) electrons. The third-order valence-electron chi connectivity index (χ3n) is 3.58. The zero-order valence-corrected chi connectivity index (χ0v) is 13.3. The Balaban J connectivity index is 2.56. The molecule has 1 rings (SSSR count). The van der Waals surface area contributed by atoms with Crippen LogP contribution in [-0.2, 0) is 9.59 Å². The number of hydrogen-bond acceptors (Lipinski definition) is 3. The first kappa shape index (κ1) is 17.0. The van der Waals surface area contributed by atoms with Gasteiger partial charge in [-0.15, -0.1) is 0 Å². The summed E-state index contributed by atoms with van der Waals surface area (Å²) in [5.74, 6) is -0.375. The first-order valence-electron chi connectivity index (χ1n) is 7.34. The van der Waals surface area contributed by atoms with Crippen LogP contribution in [-0.4, -0.2) is 47.1 Å². The molecule has 0 aromatic heterocycles. The van der Waals surface area contributed by atoms with Crippen LogP contribution >= 0.6 is 0 Å². The van der Waals surface area contributed by atoms with E-state index in [9.17, 15) is 14.7 Å².